The largest absolute Gasteiger partial charge is 0.449 e. The Bertz CT molecular complexity index is 1230. The molecular formula is C23H16F2N2O3. The molecule has 3 aromatic carbocycles. The predicted molar refractivity (Wildman–Crippen MR) is 109 cm³/mol. The topological polar surface area (TPSA) is 71.3 Å². The fraction of sp³-hybridized carbons (Fsp3) is 0.0435. The average molecular weight is 406 g/mol. The Kier molecular flexibility index (Phi) is 5.26. The zero-order valence-corrected chi connectivity index (χ0v) is 15.6. The van der Waals surface area contributed by atoms with Crippen molar-refractivity contribution in [2.24, 2.45) is 0 Å². The van der Waals surface area contributed by atoms with E-state index in [-0.39, 0.29) is 23.6 Å². The van der Waals surface area contributed by atoms with Crippen LogP contribution in [0.15, 0.2) is 77.2 Å². The first-order valence-corrected chi connectivity index (χ1v) is 9.13. The number of para-hydroxylation sites is 2. The predicted octanol–water partition coefficient (Wildman–Crippen LogP) is 5.14. The number of hydrogen-bond donors (Lipinski definition) is 2. The molecule has 30 heavy (non-hydrogen) atoms. The molecule has 4 rings (SSSR count). The normalized spacial score (nSPS) is 10.7. The Hall–Kier alpha value is -4.00. The van der Waals surface area contributed by atoms with Crippen LogP contribution in [0, 0.1) is 11.6 Å². The van der Waals surface area contributed by atoms with Crippen molar-refractivity contribution in [3.63, 3.8) is 0 Å². The fourth-order valence-corrected chi connectivity index (χ4v) is 3.04. The second-order valence-corrected chi connectivity index (χ2v) is 6.59. The number of carbonyl (C=O) groups excluding carboxylic acids is 2. The van der Waals surface area contributed by atoms with Crippen molar-refractivity contribution >= 4 is 34.2 Å². The quantitative estimate of drug-likeness (QED) is 0.482. The molecule has 0 saturated carbocycles. The van der Waals surface area contributed by atoms with Gasteiger partial charge < -0.3 is 15.1 Å². The highest BCUT2D eigenvalue weighted by Crippen LogP contribution is 2.32. The van der Waals surface area contributed by atoms with Crippen molar-refractivity contribution < 1.29 is 22.8 Å². The molecule has 7 heteroatoms. The molecule has 0 saturated heterocycles. The lowest BCUT2D eigenvalue weighted by molar-refractivity contribution is -0.115. The molecule has 0 aliphatic rings. The number of furan rings is 1. The summed E-state index contributed by atoms with van der Waals surface area (Å²) in [6.45, 7) is 0. The summed E-state index contributed by atoms with van der Waals surface area (Å²) in [6, 6.07) is 18.1. The first-order valence-electron chi connectivity index (χ1n) is 9.13. The molecular weight excluding hydrogens is 390 g/mol. The second-order valence-electron chi connectivity index (χ2n) is 6.59. The monoisotopic (exact) mass is 406 g/mol. The summed E-state index contributed by atoms with van der Waals surface area (Å²) in [5.74, 6) is -2.25. The number of carbonyl (C=O) groups is 2. The van der Waals surface area contributed by atoms with E-state index in [0.29, 0.717) is 16.5 Å². The third-order valence-electron chi connectivity index (χ3n) is 4.47. The van der Waals surface area contributed by atoms with Crippen molar-refractivity contribution in [1.82, 2.24) is 0 Å². The fourth-order valence-electron chi connectivity index (χ4n) is 3.04. The van der Waals surface area contributed by atoms with Gasteiger partial charge in [0.05, 0.1) is 12.1 Å². The number of fused-ring (bicyclic) bond motifs is 1. The van der Waals surface area contributed by atoms with Gasteiger partial charge in [0.25, 0.3) is 5.91 Å². The van der Waals surface area contributed by atoms with E-state index in [1.165, 1.54) is 42.5 Å². The van der Waals surface area contributed by atoms with Crippen LogP contribution in [-0.2, 0) is 11.2 Å². The first-order chi connectivity index (χ1) is 14.5. The summed E-state index contributed by atoms with van der Waals surface area (Å²) in [4.78, 5) is 25.3. The van der Waals surface area contributed by atoms with E-state index in [4.69, 9.17) is 4.42 Å². The maximum atomic E-state index is 13.9. The van der Waals surface area contributed by atoms with Gasteiger partial charge in [-0.25, -0.2) is 8.78 Å². The van der Waals surface area contributed by atoms with Crippen LogP contribution in [0.1, 0.15) is 16.1 Å². The number of anilines is 2. The minimum absolute atomic E-state index is 0.00783. The Morgan fingerprint density at radius 2 is 1.53 bits per heavy atom. The molecule has 1 aromatic heterocycles. The Labute approximate surface area is 170 Å². The Morgan fingerprint density at radius 1 is 0.833 bits per heavy atom. The van der Waals surface area contributed by atoms with Crippen molar-refractivity contribution in [3.8, 4) is 0 Å². The molecule has 0 atom stereocenters. The van der Waals surface area contributed by atoms with E-state index in [1.54, 1.807) is 30.3 Å². The second kappa shape index (κ2) is 8.16. The number of amides is 2. The van der Waals surface area contributed by atoms with E-state index >= 15 is 0 Å². The molecule has 0 radical (unpaired) electrons. The van der Waals surface area contributed by atoms with Crippen molar-refractivity contribution in [1.29, 1.82) is 0 Å². The number of hydrogen-bond acceptors (Lipinski definition) is 3. The molecule has 0 spiro atoms. The van der Waals surface area contributed by atoms with Gasteiger partial charge in [0.2, 0.25) is 11.7 Å². The summed E-state index contributed by atoms with van der Waals surface area (Å²) < 4.78 is 32.6. The van der Waals surface area contributed by atoms with E-state index in [0.717, 1.165) is 0 Å². The SMILES string of the molecule is O=C(Cc1ccc(F)cc1)Nc1c(C(=O)Nc2ccccc2F)oc2ccccc12. The van der Waals surface area contributed by atoms with Crippen molar-refractivity contribution in [2.45, 2.75) is 6.42 Å². The summed E-state index contributed by atoms with van der Waals surface area (Å²) in [5.41, 5.74) is 1.19. The molecule has 4 aromatic rings. The van der Waals surface area contributed by atoms with Crippen molar-refractivity contribution in [2.75, 3.05) is 10.6 Å². The lowest BCUT2D eigenvalue weighted by atomic mass is 10.1. The maximum Gasteiger partial charge on any atom is 0.293 e. The zero-order chi connectivity index (χ0) is 21.1. The lowest BCUT2D eigenvalue weighted by Crippen LogP contribution is -2.18. The van der Waals surface area contributed by atoms with E-state index in [9.17, 15) is 18.4 Å². The van der Waals surface area contributed by atoms with Gasteiger partial charge in [-0.2, -0.15) is 0 Å². The molecule has 0 bridgehead atoms. The van der Waals surface area contributed by atoms with Gasteiger partial charge in [-0.15, -0.1) is 0 Å². The maximum absolute atomic E-state index is 13.9. The molecule has 0 aliphatic heterocycles. The van der Waals surface area contributed by atoms with Crippen LogP contribution >= 0.6 is 0 Å². The van der Waals surface area contributed by atoms with E-state index in [1.807, 2.05) is 0 Å². The Morgan fingerprint density at radius 3 is 2.30 bits per heavy atom. The molecule has 5 nitrogen and oxygen atoms in total. The standard InChI is InChI=1S/C23H16F2N2O3/c24-15-11-9-14(10-12-15)13-20(28)27-21-16-5-1-4-8-19(16)30-22(21)23(29)26-18-7-3-2-6-17(18)25/h1-12H,13H2,(H,26,29)(H,27,28). The highest BCUT2D eigenvalue weighted by atomic mass is 19.1. The number of nitrogens with one attached hydrogen (secondary N) is 2. The van der Waals surface area contributed by atoms with Gasteiger partial charge in [0.1, 0.15) is 22.9 Å². The Balaban J connectivity index is 1.63. The molecule has 0 fully saturated rings. The molecule has 1 heterocycles. The van der Waals surface area contributed by atoms with Gasteiger partial charge in [0, 0.05) is 5.39 Å². The number of halogens is 2. The minimum Gasteiger partial charge on any atom is -0.449 e. The minimum atomic E-state index is -0.701. The van der Waals surface area contributed by atoms with Gasteiger partial charge in [-0.1, -0.05) is 36.4 Å². The third kappa shape index (κ3) is 4.05. The summed E-state index contributed by atoms with van der Waals surface area (Å²) in [6.07, 6.45) is -0.0197. The van der Waals surface area contributed by atoms with Gasteiger partial charge in [-0.05, 0) is 42.0 Å². The zero-order valence-electron chi connectivity index (χ0n) is 15.6. The smallest absolute Gasteiger partial charge is 0.293 e. The summed E-state index contributed by atoms with van der Waals surface area (Å²) >= 11 is 0. The van der Waals surface area contributed by atoms with Gasteiger partial charge >= 0.3 is 0 Å². The molecule has 150 valence electrons. The van der Waals surface area contributed by atoms with Crippen molar-refractivity contribution in [3.05, 3.63) is 95.8 Å². The van der Waals surface area contributed by atoms with Crippen LogP contribution in [0.5, 0.6) is 0 Å². The van der Waals surface area contributed by atoms with Crippen LogP contribution in [0.3, 0.4) is 0 Å². The summed E-state index contributed by atoms with van der Waals surface area (Å²) in [7, 11) is 0. The number of benzene rings is 3. The van der Waals surface area contributed by atoms with E-state index < -0.39 is 23.4 Å². The molecule has 0 aliphatic carbocycles. The van der Waals surface area contributed by atoms with Gasteiger partial charge in [-0.3, -0.25) is 9.59 Å². The molecule has 2 amide bonds. The summed E-state index contributed by atoms with van der Waals surface area (Å²) in [5, 5.41) is 5.68. The van der Waals surface area contributed by atoms with Crippen LogP contribution in [0.25, 0.3) is 11.0 Å². The van der Waals surface area contributed by atoms with Crippen LogP contribution in [0.4, 0.5) is 20.2 Å². The highest BCUT2D eigenvalue weighted by Gasteiger charge is 2.23. The van der Waals surface area contributed by atoms with Crippen LogP contribution in [-0.4, -0.2) is 11.8 Å². The molecule has 2 N–H and O–H groups in total. The van der Waals surface area contributed by atoms with Gasteiger partial charge in [0.15, 0.2) is 0 Å². The van der Waals surface area contributed by atoms with Crippen LogP contribution in [0.2, 0.25) is 0 Å². The van der Waals surface area contributed by atoms with Crippen LogP contribution < -0.4 is 10.6 Å². The van der Waals surface area contributed by atoms with E-state index in [2.05, 4.69) is 10.6 Å². The lowest BCUT2D eigenvalue weighted by Gasteiger charge is -2.08. The third-order valence-corrected chi connectivity index (χ3v) is 4.47. The number of rotatable bonds is 5. The first kappa shape index (κ1) is 19.3. The average Bonchev–Trinajstić information content (AvgIpc) is 3.10. The highest BCUT2D eigenvalue weighted by molar-refractivity contribution is 6.14. The molecule has 0 unspecified atom stereocenters.